The minimum Gasteiger partial charge on any atom is -0.473 e. The molecule has 2 aliphatic carbocycles. The lowest BCUT2D eigenvalue weighted by atomic mass is 9.62. The van der Waals surface area contributed by atoms with E-state index in [9.17, 15) is 10.1 Å². The van der Waals surface area contributed by atoms with Crippen molar-refractivity contribution < 1.29 is 9.53 Å². The molecule has 5 aliphatic rings. The Morgan fingerprint density at radius 3 is 2.82 bits per heavy atom. The van der Waals surface area contributed by atoms with E-state index in [1.165, 1.54) is 11.3 Å². The molecule has 1 fully saturated rings. The number of nitrogens with two attached hydrogens (primary N) is 2. The van der Waals surface area contributed by atoms with Gasteiger partial charge in [-0.2, -0.15) is 10.2 Å². The Kier molecular flexibility index (Phi) is 7.10. The molecule has 11 nitrogen and oxygen atoms in total. The molecule has 44 heavy (non-hydrogen) atoms. The minimum absolute atomic E-state index is 0.0110. The van der Waals surface area contributed by atoms with Crippen LogP contribution in [0.3, 0.4) is 0 Å². The van der Waals surface area contributed by atoms with E-state index in [1.54, 1.807) is 29.4 Å². The summed E-state index contributed by atoms with van der Waals surface area (Å²) in [5, 5.41) is 10.5. The molecule has 2 aromatic rings. The quantitative estimate of drug-likeness (QED) is 0.300. The third-order valence-corrected chi connectivity index (χ3v) is 10.7. The number of rotatable bonds is 6. The van der Waals surface area contributed by atoms with Gasteiger partial charge in [0.25, 0.3) is 0 Å². The van der Waals surface area contributed by atoms with Crippen LogP contribution in [0.25, 0.3) is 17.2 Å². The van der Waals surface area contributed by atoms with E-state index < -0.39 is 5.41 Å². The van der Waals surface area contributed by atoms with E-state index in [-0.39, 0.29) is 23.8 Å². The number of nitrogen functional groups attached to an aromatic ring is 1. The molecule has 7 rings (SSSR count). The van der Waals surface area contributed by atoms with E-state index >= 15 is 0 Å². The molecule has 226 valence electrons. The van der Waals surface area contributed by atoms with Gasteiger partial charge in [-0.15, -0.1) is 11.3 Å². The molecule has 0 radical (unpaired) electrons. The molecule has 0 aromatic carbocycles. The molecule has 1 saturated heterocycles. The van der Waals surface area contributed by atoms with Gasteiger partial charge in [0.15, 0.2) is 0 Å². The number of hydrogen-bond acceptors (Lipinski definition) is 11. The van der Waals surface area contributed by atoms with Crippen LogP contribution in [0.4, 0.5) is 5.00 Å². The maximum absolute atomic E-state index is 14.4. The summed E-state index contributed by atoms with van der Waals surface area (Å²) in [5.74, 6) is 1.09. The van der Waals surface area contributed by atoms with Gasteiger partial charge in [0.05, 0.1) is 5.56 Å². The summed E-state index contributed by atoms with van der Waals surface area (Å²) < 4.78 is 8.17. The summed E-state index contributed by atoms with van der Waals surface area (Å²) in [5.41, 5.74) is 16.0. The Morgan fingerprint density at radius 1 is 1.23 bits per heavy atom. The van der Waals surface area contributed by atoms with Gasteiger partial charge in [-0.25, -0.2) is 15.0 Å². The summed E-state index contributed by atoms with van der Waals surface area (Å²) in [6, 6.07) is 6.18. The predicted molar refractivity (Wildman–Crippen MR) is 167 cm³/mol. The number of thiophene rings is 1. The lowest BCUT2D eigenvalue weighted by Crippen LogP contribution is -2.41. The molecule has 4 N–H and O–H groups in total. The lowest BCUT2D eigenvalue weighted by molar-refractivity contribution is 0.0998. The Hall–Kier alpha value is -4.34. The normalized spacial score (nSPS) is 22.7. The summed E-state index contributed by atoms with van der Waals surface area (Å²) in [7, 11) is 2.10. The van der Waals surface area contributed by atoms with E-state index in [0.29, 0.717) is 45.8 Å². The monoisotopic (exact) mass is 609 g/mol. The van der Waals surface area contributed by atoms with Crippen LogP contribution in [0.1, 0.15) is 78.5 Å². The fourth-order valence-corrected chi connectivity index (χ4v) is 8.68. The summed E-state index contributed by atoms with van der Waals surface area (Å²) >= 11 is 1.47. The second-order valence-corrected chi connectivity index (χ2v) is 13.3. The first-order chi connectivity index (χ1) is 21.3. The SMILES string of the molecule is C[C@H](Oc1cc(-n2cncc3ccnc2-3)nc(C(=O)C2=C(N)[C@@]3(CCC2)CCCc2sc(N)c(C#N)c23)n1)[C@@H]1CCCN1C. The summed E-state index contributed by atoms with van der Waals surface area (Å²) in [6.45, 7) is 3.05. The van der Waals surface area contributed by atoms with Gasteiger partial charge < -0.3 is 16.2 Å². The first kappa shape index (κ1) is 28.4. The Balaban J connectivity index is 1.33. The van der Waals surface area contributed by atoms with E-state index in [4.69, 9.17) is 21.2 Å². The number of allylic oxidation sites excluding steroid dienone is 2. The molecule has 2 aromatic heterocycles. The standard InChI is InChI=1S/C32H35N9O2S/c1-18(22-7-5-13-40(22)2)43-25-14-24(41-17-36-16-19-9-12-37-31(19)41)38-30(39-25)27(42)20-6-3-10-32(28(20)34)11-4-8-23-26(32)21(15-33)29(35)44-23/h9,12,14,16-18,22H,3-8,10-11,13,34-35H2,1-2H3/t18-,22-,32-/m0/s1. The van der Waals surface area contributed by atoms with E-state index in [1.807, 2.05) is 13.0 Å². The van der Waals surface area contributed by atoms with Crippen LogP contribution < -0.4 is 16.2 Å². The molecule has 5 heterocycles. The smallest absolute Gasteiger partial charge is 0.228 e. The highest BCUT2D eigenvalue weighted by Crippen LogP contribution is 2.53. The molecule has 12 heteroatoms. The van der Waals surface area contributed by atoms with Gasteiger partial charge in [0, 0.05) is 51.6 Å². The number of Topliss-reactive ketones (excluding diaryl/α,β-unsaturated/α-hetero) is 1. The number of carbonyl (C=O) groups excluding carboxylic acids is 1. The van der Waals surface area contributed by atoms with Crippen LogP contribution in [0.15, 0.2) is 42.1 Å². The first-order valence-electron chi connectivity index (χ1n) is 15.2. The van der Waals surface area contributed by atoms with Crippen LogP contribution in [-0.2, 0) is 11.8 Å². The molecule has 0 bridgehead atoms. The summed E-state index contributed by atoms with van der Waals surface area (Å²) in [6.07, 6.45) is 11.6. The van der Waals surface area contributed by atoms with Gasteiger partial charge in [0.1, 0.15) is 35.1 Å². The van der Waals surface area contributed by atoms with Crippen LogP contribution in [0.2, 0.25) is 0 Å². The molecule has 1 spiro atoms. The van der Waals surface area contributed by atoms with Crippen molar-refractivity contribution in [2.45, 2.75) is 75.9 Å². The number of anilines is 1. The van der Waals surface area contributed by atoms with Crippen molar-refractivity contribution in [2.75, 3.05) is 19.3 Å². The highest BCUT2D eigenvalue weighted by molar-refractivity contribution is 7.16. The molecule has 3 atom stereocenters. The third-order valence-electron chi connectivity index (χ3n) is 9.65. The number of aromatic nitrogens is 5. The van der Waals surface area contributed by atoms with Crippen molar-refractivity contribution in [3.8, 4) is 29.2 Å². The zero-order valence-electron chi connectivity index (χ0n) is 24.9. The van der Waals surface area contributed by atoms with E-state index in [2.05, 4.69) is 33.0 Å². The molecule has 0 unspecified atom stereocenters. The van der Waals surface area contributed by atoms with Crippen molar-refractivity contribution in [1.82, 2.24) is 29.4 Å². The maximum Gasteiger partial charge on any atom is 0.228 e. The van der Waals surface area contributed by atoms with Crippen molar-refractivity contribution in [3.05, 3.63) is 64.0 Å². The number of nitrogens with zero attached hydrogens (tertiary/aromatic N) is 7. The van der Waals surface area contributed by atoms with Crippen LogP contribution in [0, 0.1) is 11.3 Å². The number of ether oxygens (including phenoxy) is 1. The zero-order valence-corrected chi connectivity index (χ0v) is 25.7. The van der Waals surface area contributed by atoms with Crippen LogP contribution >= 0.6 is 11.3 Å². The van der Waals surface area contributed by atoms with Crippen LogP contribution in [0.5, 0.6) is 5.88 Å². The van der Waals surface area contributed by atoms with Crippen molar-refractivity contribution in [2.24, 2.45) is 5.73 Å². The van der Waals surface area contributed by atoms with Gasteiger partial charge in [-0.1, -0.05) is 0 Å². The third kappa shape index (κ3) is 4.53. The zero-order chi connectivity index (χ0) is 30.6. The number of likely N-dealkylation sites (N-methyl/N-ethyl adjacent to an activating group) is 1. The number of aryl methyl sites for hydroxylation is 1. The topological polar surface area (TPSA) is 162 Å². The second kappa shape index (κ2) is 11.0. The highest BCUT2D eigenvalue weighted by atomic mass is 32.1. The number of hydrogen-bond donors (Lipinski definition) is 2. The van der Waals surface area contributed by atoms with Gasteiger partial charge >= 0.3 is 0 Å². The molecule has 0 amide bonds. The maximum atomic E-state index is 14.4. The predicted octanol–water partition coefficient (Wildman–Crippen LogP) is 4.39. The van der Waals surface area contributed by atoms with Gasteiger partial charge in [-0.3, -0.25) is 14.3 Å². The van der Waals surface area contributed by atoms with Crippen molar-refractivity contribution in [3.63, 3.8) is 0 Å². The number of nitriles is 1. The minimum atomic E-state index is -0.599. The van der Waals surface area contributed by atoms with Crippen molar-refractivity contribution >= 4 is 22.1 Å². The number of fused-ring (bicyclic) bond motifs is 3. The number of ketones is 1. The Bertz CT molecular complexity index is 1800. The Labute approximate surface area is 259 Å². The van der Waals surface area contributed by atoms with Gasteiger partial charge in [0.2, 0.25) is 17.5 Å². The van der Waals surface area contributed by atoms with Crippen LogP contribution in [-0.4, -0.2) is 60.9 Å². The molecular weight excluding hydrogens is 574 g/mol. The lowest BCUT2D eigenvalue weighted by Gasteiger charge is -2.42. The van der Waals surface area contributed by atoms with E-state index in [0.717, 1.165) is 67.5 Å². The fraction of sp³-hybridized carbons (Fsp3) is 0.438. The number of likely N-dealkylation sites (tertiary alicyclic amines) is 1. The van der Waals surface area contributed by atoms with Gasteiger partial charge in [-0.05, 0) is 83.5 Å². The fourth-order valence-electron chi connectivity index (χ4n) is 7.52. The largest absolute Gasteiger partial charge is 0.473 e. The number of carbonyl (C=O) groups is 1. The average Bonchev–Trinajstić information content (AvgIpc) is 3.76. The highest BCUT2D eigenvalue weighted by Gasteiger charge is 2.46. The first-order valence-corrected chi connectivity index (χ1v) is 16.0. The second-order valence-electron chi connectivity index (χ2n) is 12.2. The summed E-state index contributed by atoms with van der Waals surface area (Å²) in [4.78, 5) is 36.1. The van der Waals surface area contributed by atoms with Crippen molar-refractivity contribution in [1.29, 1.82) is 5.26 Å². The molecule has 3 aliphatic heterocycles. The average molecular weight is 610 g/mol. The Morgan fingerprint density at radius 2 is 2.05 bits per heavy atom. The molecular formula is C32H35N9O2S. The molecule has 0 saturated carbocycles.